The van der Waals surface area contributed by atoms with Crippen LogP contribution >= 0.6 is 11.3 Å². The lowest BCUT2D eigenvalue weighted by molar-refractivity contribution is 0.0952. The molecule has 0 radical (unpaired) electrons. The van der Waals surface area contributed by atoms with Gasteiger partial charge in [0.15, 0.2) is 5.82 Å². The van der Waals surface area contributed by atoms with Gasteiger partial charge in [-0.2, -0.15) is 5.10 Å². The molecule has 1 aliphatic carbocycles. The number of amides is 1. The quantitative estimate of drug-likeness (QED) is 0.734. The molecule has 0 atom stereocenters. The molecule has 0 aromatic carbocycles. The van der Waals surface area contributed by atoms with Gasteiger partial charge in [-0.1, -0.05) is 12.8 Å². The van der Waals surface area contributed by atoms with Crippen LogP contribution in [0.25, 0.3) is 11.4 Å². The van der Waals surface area contributed by atoms with Crippen molar-refractivity contribution in [3.63, 3.8) is 0 Å². The van der Waals surface area contributed by atoms with Crippen molar-refractivity contribution in [3.05, 3.63) is 46.4 Å². The molecule has 25 heavy (non-hydrogen) atoms. The Hall–Kier alpha value is -2.61. The Morgan fingerprint density at radius 3 is 2.88 bits per heavy atom. The zero-order valence-electron chi connectivity index (χ0n) is 13.6. The molecule has 0 unspecified atom stereocenters. The van der Waals surface area contributed by atoms with Crippen LogP contribution in [-0.4, -0.2) is 31.1 Å². The first kappa shape index (κ1) is 15.9. The number of carbonyl (C=O) groups is 1. The van der Waals surface area contributed by atoms with E-state index >= 15 is 0 Å². The summed E-state index contributed by atoms with van der Waals surface area (Å²) in [5.74, 6) is 1.55. The number of aromatic nitrogens is 5. The summed E-state index contributed by atoms with van der Waals surface area (Å²) in [7, 11) is 0. The number of nitrogens with one attached hydrogen (secondary N) is 2. The van der Waals surface area contributed by atoms with E-state index < -0.39 is 0 Å². The third kappa shape index (κ3) is 3.43. The lowest BCUT2D eigenvalue weighted by atomic mass is 10.0. The number of thiazole rings is 1. The summed E-state index contributed by atoms with van der Waals surface area (Å²) in [5.41, 5.74) is 3.60. The predicted molar refractivity (Wildman–Crippen MR) is 94.1 cm³/mol. The number of rotatable bonds is 5. The highest BCUT2D eigenvalue weighted by molar-refractivity contribution is 7.11. The maximum absolute atomic E-state index is 12.5. The molecule has 0 bridgehead atoms. The normalized spacial score (nSPS) is 14.7. The van der Waals surface area contributed by atoms with Crippen LogP contribution in [0.1, 0.15) is 52.8 Å². The van der Waals surface area contributed by atoms with Crippen LogP contribution in [0, 0.1) is 0 Å². The zero-order valence-corrected chi connectivity index (χ0v) is 14.4. The average molecular weight is 354 g/mol. The van der Waals surface area contributed by atoms with Crippen LogP contribution < -0.4 is 5.32 Å². The van der Waals surface area contributed by atoms with Gasteiger partial charge in [-0.25, -0.2) is 9.97 Å². The third-order valence-electron chi connectivity index (χ3n) is 4.43. The summed E-state index contributed by atoms with van der Waals surface area (Å²) in [6.45, 7) is 0.304. The van der Waals surface area contributed by atoms with Crippen molar-refractivity contribution in [1.82, 2.24) is 30.5 Å². The Kier molecular flexibility index (Phi) is 4.51. The second-order valence-electron chi connectivity index (χ2n) is 6.07. The topological polar surface area (TPSA) is 96.5 Å². The number of H-pyrrole nitrogens is 1. The van der Waals surface area contributed by atoms with Crippen molar-refractivity contribution in [3.8, 4) is 11.4 Å². The molecule has 128 valence electrons. The summed E-state index contributed by atoms with van der Waals surface area (Å²) >= 11 is 1.41. The molecule has 0 spiro atoms. The van der Waals surface area contributed by atoms with Gasteiger partial charge in [0, 0.05) is 23.9 Å². The van der Waals surface area contributed by atoms with Gasteiger partial charge in [0.05, 0.1) is 17.7 Å². The fraction of sp³-hybridized carbons (Fsp3) is 0.353. The molecular formula is C17H18N6OS. The molecule has 8 heteroatoms. The van der Waals surface area contributed by atoms with Gasteiger partial charge >= 0.3 is 0 Å². The fourth-order valence-electron chi connectivity index (χ4n) is 3.16. The number of hydrogen-bond acceptors (Lipinski definition) is 6. The maximum atomic E-state index is 12.5. The Morgan fingerprint density at radius 1 is 1.28 bits per heavy atom. The standard InChI is InChI=1S/C17H18N6OS/c24-17(15-14(20-10-25-15)11-3-1-2-4-11)19-9-13-21-16(23-22-13)12-5-7-18-8-6-12/h5-8,10-11H,1-4,9H2,(H,19,24)(H,21,22,23). The highest BCUT2D eigenvalue weighted by atomic mass is 32.1. The third-order valence-corrected chi connectivity index (χ3v) is 5.27. The number of nitrogens with zero attached hydrogens (tertiary/aromatic N) is 4. The van der Waals surface area contributed by atoms with Crippen LogP contribution in [0.3, 0.4) is 0 Å². The molecule has 1 aliphatic rings. The molecule has 7 nitrogen and oxygen atoms in total. The molecule has 4 rings (SSSR count). The molecular weight excluding hydrogens is 336 g/mol. The molecule has 3 aromatic heterocycles. The van der Waals surface area contributed by atoms with Gasteiger partial charge in [-0.15, -0.1) is 11.3 Å². The van der Waals surface area contributed by atoms with Crippen molar-refractivity contribution in [1.29, 1.82) is 0 Å². The summed E-state index contributed by atoms with van der Waals surface area (Å²) in [5, 5.41) is 9.96. The van der Waals surface area contributed by atoms with Crippen molar-refractivity contribution in [2.45, 2.75) is 38.1 Å². The van der Waals surface area contributed by atoms with Crippen LogP contribution in [-0.2, 0) is 6.54 Å². The number of pyridine rings is 1. The van der Waals surface area contributed by atoms with Gasteiger partial charge < -0.3 is 5.32 Å². The second-order valence-corrected chi connectivity index (χ2v) is 6.93. The molecule has 0 saturated heterocycles. The molecule has 0 aliphatic heterocycles. The zero-order chi connectivity index (χ0) is 17.1. The monoisotopic (exact) mass is 354 g/mol. The Balaban J connectivity index is 1.41. The average Bonchev–Trinajstić information content (AvgIpc) is 3.41. The lowest BCUT2D eigenvalue weighted by Crippen LogP contribution is -2.24. The summed E-state index contributed by atoms with van der Waals surface area (Å²) in [4.78, 5) is 26.1. The van der Waals surface area contributed by atoms with Crippen molar-refractivity contribution in [2.75, 3.05) is 0 Å². The largest absolute Gasteiger partial charge is 0.344 e. The number of hydrogen-bond donors (Lipinski definition) is 2. The van der Waals surface area contributed by atoms with Crippen LogP contribution in [0.5, 0.6) is 0 Å². The van der Waals surface area contributed by atoms with E-state index in [2.05, 4.69) is 30.5 Å². The van der Waals surface area contributed by atoms with E-state index in [9.17, 15) is 4.79 Å². The highest BCUT2D eigenvalue weighted by Crippen LogP contribution is 2.36. The van der Waals surface area contributed by atoms with Gasteiger partial charge in [-0.05, 0) is 25.0 Å². The first-order valence-corrected chi connectivity index (χ1v) is 9.22. The SMILES string of the molecule is O=C(NCc1nc(-c2ccncc2)n[nH]1)c1scnc1C1CCCC1. The van der Waals surface area contributed by atoms with Crippen molar-refractivity contribution < 1.29 is 4.79 Å². The fourth-order valence-corrected chi connectivity index (χ4v) is 3.95. The van der Waals surface area contributed by atoms with Crippen LogP contribution in [0.15, 0.2) is 30.0 Å². The first-order chi connectivity index (χ1) is 12.3. The predicted octanol–water partition coefficient (Wildman–Crippen LogP) is 2.91. The first-order valence-electron chi connectivity index (χ1n) is 8.34. The second kappa shape index (κ2) is 7.10. The van der Waals surface area contributed by atoms with Gasteiger partial charge in [-0.3, -0.25) is 14.9 Å². The Morgan fingerprint density at radius 2 is 2.08 bits per heavy atom. The molecule has 1 saturated carbocycles. The number of aromatic amines is 1. The number of carbonyl (C=O) groups excluding carboxylic acids is 1. The Labute approximate surface area is 149 Å². The summed E-state index contributed by atoms with van der Waals surface area (Å²) in [6.07, 6.45) is 8.09. The van der Waals surface area contributed by atoms with E-state index in [1.807, 2.05) is 12.1 Å². The summed E-state index contributed by atoms with van der Waals surface area (Å²) < 4.78 is 0. The van der Waals surface area contributed by atoms with Gasteiger partial charge in [0.2, 0.25) is 0 Å². The maximum Gasteiger partial charge on any atom is 0.263 e. The minimum absolute atomic E-state index is 0.0914. The summed E-state index contributed by atoms with van der Waals surface area (Å²) in [6, 6.07) is 3.69. The minimum Gasteiger partial charge on any atom is -0.344 e. The molecule has 1 amide bonds. The van der Waals surface area contributed by atoms with Crippen molar-refractivity contribution in [2.24, 2.45) is 0 Å². The lowest BCUT2D eigenvalue weighted by Gasteiger charge is -2.08. The molecule has 1 fully saturated rings. The van der Waals surface area contributed by atoms with Gasteiger partial charge in [0.1, 0.15) is 10.7 Å². The van der Waals surface area contributed by atoms with E-state index in [4.69, 9.17) is 0 Å². The van der Waals surface area contributed by atoms with E-state index in [0.717, 1.165) is 29.0 Å². The van der Waals surface area contributed by atoms with Crippen molar-refractivity contribution >= 4 is 17.2 Å². The molecule has 3 aromatic rings. The minimum atomic E-state index is -0.0914. The smallest absolute Gasteiger partial charge is 0.263 e. The molecule has 2 N–H and O–H groups in total. The van der Waals surface area contributed by atoms with Gasteiger partial charge in [0.25, 0.3) is 5.91 Å². The van der Waals surface area contributed by atoms with E-state index in [0.29, 0.717) is 24.1 Å². The van der Waals surface area contributed by atoms with E-state index in [-0.39, 0.29) is 5.91 Å². The van der Waals surface area contributed by atoms with E-state index in [1.165, 1.54) is 24.2 Å². The van der Waals surface area contributed by atoms with Crippen LogP contribution in [0.2, 0.25) is 0 Å². The Bertz CT molecular complexity index is 853. The van der Waals surface area contributed by atoms with E-state index in [1.54, 1.807) is 17.9 Å². The van der Waals surface area contributed by atoms with Crippen LogP contribution in [0.4, 0.5) is 0 Å². The highest BCUT2D eigenvalue weighted by Gasteiger charge is 2.25. The molecule has 3 heterocycles.